The number of halogens is 2. The summed E-state index contributed by atoms with van der Waals surface area (Å²) in [6, 6.07) is 0. The second-order valence-corrected chi connectivity index (χ2v) is 1.20. The van der Waals surface area contributed by atoms with E-state index in [9.17, 15) is 8.78 Å². The lowest BCUT2D eigenvalue weighted by Crippen LogP contribution is -1.94. The standard InChI is InChI=1S/C5H8F2/c1-2-3-5(7)4-6/h2-3,5H,4H2,1H3. The first-order valence-electron chi connectivity index (χ1n) is 2.14. The Kier molecular flexibility index (Phi) is 3.56. The van der Waals surface area contributed by atoms with Crippen molar-refractivity contribution < 1.29 is 8.78 Å². The van der Waals surface area contributed by atoms with Gasteiger partial charge in [0.1, 0.15) is 12.8 Å². The van der Waals surface area contributed by atoms with Gasteiger partial charge >= 0.3 is 0 Å². The first-order valence-corrected chi connectivity index (χ1v) is 2.14. The Labute approximate surface area is 41.8 Å². The van der Waals surface area contributed by atoms with E-state index >= 15 is 0 Å². The second-order valence-electron chi connectivity index (χ2n) is 1.20. The lowest BCUT2D eigenvalue weighted by atomic mass is 10.4. The Hall–Kier alpha value is -0.400. The maximum atomic E-state index is 11.7. The van der Waals surface area contributed by atoms with E-state index in [0.717, 1.165) is 0 Å². The Morgan fingerprint density at radius 2 is 2.29 bits per heavy atom. The van der Waals surface area contributed by atoms with Crippen LogP contribution in [0.3, 0.4) is 0 Å². The minimum atomic E-state index is -1.40. The van der Waals surface area contributed by atoms with E-state index in [1.54, 1.807) is 6.92 Å². The Morgan fingerprint density at radius 1 is 1.71 bits per heavy atom. The SMILES string of the molecule is CC=CC(F)CF. The topological polar surface area (TPSA) is 0 Å². The van der Waals surface area contributed by atoms with Crippen LogP contribution in [0.4, 0.5) is 8.78 Å². The Balaban J connectivity index is 3.16. The van der Waals surface area contributed by atoms with Crippen LogP contribution in [0.15, 0.2) is 12.2 Å². The zero-order valence-electron chi connectivity index (χ0n) is 4.20. The van der Waals surface area contributed by atoms with Gasteiger partial charge in [0.25, 0.3) is 0 Å². The van der Waals surface area contributed by atoms with Gasteiger partial charge in [0.15, 0.2) is 0 Å². The third-order valence-corrected chi connectivity index (χ3v) is 0.549. The number of rotatable bonds is 2. The molecule has 0 saturated carbocycles. The highest BCUT2D eigenvalue weighted by molar-refractivity contribution is 4.84. The first kappa shape index (κ1) is 6.60. The molecule has 0 N–H and O–H groups in total. The molecule has 0 bridgehead atoms. The fraction of sp³-hybridized carbons (Fsp3) is 0.600. The summed E-state index contributed by atoms with van der Waals surface area (Å²) in [6.07, 6.45) is 1.27. The van der Waals surface area contributed by atoms with Crippen molar-refractivity contribution in [2.24, 2.45) is 0 Å². The van der Waals surface area contributed by atoms with Gasteiger partial charge in [-0.2, -0.15) is 0 Å². The first-order chi connectivity index (χ1) is 3.31. The minimum Gasteiger partial charge on any atom is -0.248 e. The molecule has 2 heteroatoms. The summed E-state index contributed by atoms with van der Waals surface area (Å²) < 4.78 is 22.8. The predicted octanol–water partition coefficient (Wildman–Crippen LogP) is 1.87. The summed E-state index contributed by atoms with van der Waals surface area (Å²) in [5.41, 5.74) is 0. The van der Waals surface area contributed by atoms with Crippen LogP contribution in [0.2, 0.25) is 0 Å². The highest BCUT2D eigenvalue weighted by Gasteiger charge is 1.94. The molecule has 0 rings (SSSR count). The van der Waals surface area contributed by atoms with E-state index in [-0.39, 0.29) is 0 Å². The van der Waals surface area contributed by atoms with Crippen molar-refractivity contribution in [3.63, 3.8) is 0 Å². The average Bonchev–Trinajstić information content (AvgIpc) is 1.68. The molecule has 7 heavy (non-hydrogen) atoms. The molecular formula is C5H8F2. The highest BCUT2D eigenvalue weighted by Crippen LogP contribution is 1.91. The monoisotopic (exact) mass is 106 g/mol. The molecule has 1 atom stereocenters. The normalized spacial score (nSPS) is 15.3. The molecule has 0 spiro atoms. The summed E-state index contributed by atoms with van der Waals surface area (Å²) in [5.74, 6) is 0. The largest absolute Gasteiger partial charge is 0.248 e. The van der Waals surface area contributed by atoms with Gasteiger partial charge in [-0.25, -0.2) is 8.78 Å². The summed E-state index contributed by atoms with van der Waals surface area (Å²) in [7, 11) is 0. The number of alkyl halides is 2. The van der Waals surface area contributed by atoms with E-state index in [1.165, 1.54) is 12.2 Å². The zero-order chi connectivity index (χ0) is 5.70. The summed E-state index contributed by atoms with van der Waals surface area (Å²) in [5, 5.41) is 0. The maximum Gasteiger partial charge on any atom is 0.146 e. The molecule has 0 aliphatic rings. The average molecular weight is 106 g/mol. The smallest absolute Gasteiger partial charge is 0.146 e. The molecule has 0 aliphatic carbocycles. The molecule has 0 radical (unpaired) electrons. The predicted molar refractivity (Wildman–Crippen MR) is 25.7 cm³/mol. The molecule has 0 aromatic heterocycles. The van der Waals surface area contributed by atoms with Crippen LogP contribution in [0.25, 0.3) is 0 Å². The van der Waals surface area contributed by atoms with Gasteiger partial charge in [0, 0.05) is 0 Å². The van der Waals surface area contributed by atoms with Gasteiger partial charge in [-0.05, 0) is 6.92 Å². The highest BCUT2D eigenvalue weighted by atomic mass is 19.2. The van der Waals surface area contributed by atoms with Crippen molar-refractivity contribution >= 4 is 0 Å². The lowest BCUT2D eigenvalue weighted by Gasteiger charge is -1.88. The Bertz CT molecular complexity index is 59.1. The number of allylic oxidation sites excluding steroid dienone is 2. The van der Waals surface area contributed by atoms with Crippen LogP contribution >= 0.6 is 0 Å². The molecule has 0 nitrogen and oxygen atoms in total. The molecule has 0 amide bonds. The van der Waals surface area contributed by atoms with Crippen molar-refractivity contribution in [2.75, 3.05) is 6.67 Å². The van der Waals surface area contributed by atoms with Crippen LogP contribution in [0.5, 0.6) is 0 Å². The molecule has 0 saturated heterocycles. The zero-order valence-corrected chi connectivity index (χ0v) is 4.20. The van der Waals surface area contributed by atoms with Crippen LogP contribution < -0.4 is 0 Å². The van der Waals surface area contributed by atoms with Gasteiger partial charge in [-0.15, -0.1) is 0 Å². The van der Waals surface area contributed by atoms with E-state index < -0.39 is 12.8 Å². The summed E-state index contributed by atoms with van der Waals surface area (Å²) in [4.78, 5) is 0. The van der Waals surface area contributed by atoms with Crippen molar-refractivity contribution in [2.45, 2.75) is 13.1 Å². The third-order valence-electron chi connectivity index (χ3n) is 0.549. The van der Waals surface area contributed by atoms with Crippen LogP contribution in [-0.2, 0) is 0 Å². The minimum absolute atomic E-state index is 0.912. The van der Waals surface area contributed by atoms with Crippen LogP contribution in [0, 0.1) is 0 Å². The quantitative estimate of drug-likeness (QED) is 0.471. The Morgan fingerprint density at radius 3 is 2.43 bits per heavy atom. The molecule has 0 fully saturated rings. The van der Waals surface area contributed by atoms with Gasteiger partial charge in [0.05, 0.1) is 0 Å². The third kappa shape index (κ3) is 3.43. The molecule has 0 aromatic rings. The second kappa shape index (κ2) is 3.78. The van der Waals surface area contributed by atoms with Crippen molar-refractivity contribution in [3.05, 3.63) is 12.2 Å². The molecule has 0 aliphatic heterocycles. The molecule has 42 valence electrons. The van der Waals surface area contributed by atoms with Crippen molar-refractivity contribution in [3.8, 4) is 0 Å². The fourth-order valence-corrected chi connectivity index (χ4v) is 0.260. The van der Waals surface area contributed by atoms with Crippen molar-refractivity contribution in [1.29, 1.82) is 0 Å². The lowest BCUT2D eigenvalue weighted by molar-refractivity contribution is 0.310. The van der Waals surface area contributed by atoms with Crippen LogP contribution in [0.1, 0.15) is 6.92 Å². The number of hydrogen-bond donors (Lipinski definition) is 0. The van der Waals surface area contributed by atoms with Crippen LogP contribution in [-0.4, -0.2) is 12.8 Å². The van der Waals surface area contributed by atoms with E-state index in [1.807, 2.05) is 0 Å². The fourth-order valence-electron chi connectivity index (χ4n) is 0.260. The molecule has 0 aromatic carbocycles. The summed E-state index contributed by atoms with van der Waals surface area (Å²) >= 11 is 0. The van der Waals surface area contributed by atoms with Gasteiger partial charge in [0.2, 0.25) is 0 Å². The molecule has 1 unspecified atom stereocenters. The summed E-state index contributed by atoms with van der Waals surface area (Å²) in [6.45, 7) is 0.743. The van der Waals surface area contributed by atoms with E-state index in [2.05, 4.69) is 0 Å². The maximum absolute atomic E-state index is 11.7. The molecular weight excluding hydrogens is 98.1 g/mol. The van der Waals surface area contributed by atoms with E-state index in [4.69, 9.17) is 0 Å². The van der Waals surface area contributed by atoms with Gasteiger partial charge < -0.3 is 0 Å². The van der Waals surface area contributed by atoms with Gasteiger partial charge in [-0.1, -0.05) is 12.2 Å². The van der Waals surface area contributed by atoms with E-state index in [0.29, 0.717) is 0 Å². The number of hydrogen-bond acceptors (Lipinski definition) is 0. The van der Waals surface area contributed by atoms with Gasteiger partial charge in [-0.3, -0.25) is 0 Å². The van der Waals surface area contributed by atoms with Crippen molar-refractivity contribution in [1.82, 2.24) is 0 Å². The molecule has 0 heterocycles.